The highest BCUT2D eigenvalue weighted by Crippen LogP contribution is 2.29. The first-order chi connectivity index (χ1) is 16.0. The molecule has 3 aromatic carbocycles. The van der Waals surface area contributed by atoms with Crippen molar-refractivity contribution in [3.05, 3.63) is 106 Å². The maximum atomic E-state index is 12.8. The van der Waals surface area contributed by atoms with E-state index < -0.39 is 4.92 Å². The van der Waals surface area contributed by atoms with Crippen molar-refractivity contribution in [3.8, 4) is 0 Å². The summed E-state index contributed by atoms with van der Waals surface area (Å²) in [6, 6.07) is 24.5. The molecule has 7 heteroatoms. The molecule has 33 heavy (non-hydrogen) atoms. The molecule has 0 radical (unpaired) electrons. The molecule has 0 bridgehead atoms. The lowest BCUT2D eigenvalue weighted by Gasteiger charge is -2.32. The zero-order chi connectivity index (χ0) is 23.6. The van der Waals surface area contributed by atoms with Gasteiger partial charge in [-0.1, -0.05) is 66.7 Å². The van der Waals surface area contributed by atoms with Crippen molar-refractivity contribution < 1.29 is 14.8 Å². The summed E-state index contributed by atoms with van der Waals surface area (Å²) in [4.78, 5) is 25.6. The Balaban J connectivity index is 1.79. The zero-order valence-corrected chi connectivity index (χ0v) is 18.7. The Bertz CT molecular complexity index is 1020. The summed E-state index contributed by atoms with van der Waals surface area (Å²) in [7, 11) is 0. The number of carbonyl (C=O) groups excluding carboxylic acids is 1. The maximum absolute atomic E-state index is 12.8. The van der Waals surface area contributed by atoms with Crippen LogP contribution in [0.15, 0.2) is 78.9 Å². The monoisotopic (exact) mass is 447 g/mol. The van der Waals surface area contributed by atoms with Crippen LogP contribution in [0.4, 0.5) is 11.4 Å². The van der Waals surface area contributed by atoms with Crippen LogP contribution in [0.25, 0.3) is 0 Å². The van der Waals surface area contributed by atoms with Crippen LogP contribution in [0.5, 0.6) is 0 Å². The molecule has 0 unspecified atom stereocenters. The number of nitrogens with one attached hydrogen (secondary N) is 1. The minimum absolute atomic E-state index is 0.0614. The summed E-state index contributed by atoms with van der Waals surface area (Å²) in [6.07, 6.45) is 0.797. The molecule has 0 atom stereocenters. The second kappa shape index (κ2) is 11.9. The minimum Gasteiger partial charge on any atom is -0.396 e. The Morgan fingerprint density at radius 1 is 1.00 bits per heavy atom. The van der Waals surface area contributed by atoms with Crippen molar-refractivity contribution >= 4 is 17.3 Å². The molecule has 1 amide bonds. The lowest BCUT2D eigenvalue weighted by atomic mass is 9.96. The fourth-order valence-electron chi connectivity index (χ4n) is 3.84. The van der Waals surface area contributed by atoms with E-state index in [4.69, 9.17) is 0 Å². The molecule has 3 aromatic rings. The molecule has 0 fully saturated rings. The zero-order valence-electron chi connectivity index (χ0n) is 18.7. The minimum atomic E-state index is -0.476. The predicted molar refractivity (Wildman–Crippen MR) is 129 cm³/mol. The average molecular weight is 448 g/mol. The number of rotatable bonds is 11. The molecule has 2 N–H and O–H groups in total. The third kappa shape index (κ3) is 6.71. The van der Waals surface area contributed by atoms with E-state index in [-0.39, 0.29) is 30.7 Å². The van der Waals surface area contributed by atoms with Crippen molar-refractivity contribution in [2.75, 3.05) is 25.0 Å². The van der Waals surface area contributed by atoms with E-state index in [1.165, 1.54) is 12.1 Å². The van der Waals surface area contributed by atoms with Gasteiger partial charge in [-0.3, -0.25) is 19.8 Å². The molecule has 7 nitrogen and oxygen atoms in total. The Hall–Kier alpha value is -3.55. The fourth-order valence-corrected chi connectivity index (χ4v) is 3.84. The normalized spacial score (nSPS) is 11.0. The number of hydrogen-bond donors (Lipinski definition) is 2. The van der Waals surface area contributed by atoms with E-state index in [2.05, 4.69) is 34.5 Å². The lowest BCUT2D eigenvalue weighted by molar-refractivity contribution is -0.384. The van der Waals surface area contributed by atoms with Gasteiger partial charge in [0.25, 0.3) is 5.69 Å². The van der Waals surface area contributed by atoms with Gasteiger partial charge in [0.15, 0.2) is 0 Å². The quantitative estimate of drug-likeness (QED) is 0.328. The molecule has 0 saturated carbocycles. The third-order valence-corrected chi connectivity index (χ3v) is 5.53. The number of carbonyl (C=O) groups is 1. The number of benzene rings is 3. The molecule has 0 saturated heterocycles. The van der Waals surface area contributed by atoms with Crippen LogP contribution in [0.2, 0.25) is 0 Å². The van der Waals surface area contributed by atoms with E-state index in [0.29, 0.717) is 25.2 Å². The largest absolute Gasteiger partial charge is 0.396 e. The fraction of sp³-hybridized carbons (Fsp3) is 0.269. The summed E-state index contributed by atoms with van der Waals surface area (Å²) in [5.74, 6) is -0.215. The Morgan fingerprint density at radius 3 is 2.15 bits per heavy atom. The van der Waals surface area contributed by atoms with Crippen LogP contribution < -0.4 is 5.32 Å². The van der Waals surface area contributed by atoms with Crippen LogP contribution in [0.3, 0.4) is 0 Å². The van der Waals surface area contributed by atoms with Crippen molar-refractivity contribution in [2.24, 2.45) is 0 Å². The Kier molecular flexibility index (Phi) is 8.69. The van der Waals surface area contributed by atoms with Gasteiger partial charge in [0.1, 0.15) is 0 Å². The van der Waals surface area contributed by atoms with E-state index >= 15 is 0 Å². The van der Waals surface area contributed by atoms with E-state index in [1.807, 2.05) is 36.4 Å². The molecule has 172 valence electrons. The van der Waals surface area contributed by atoms with Crippen LogP contribution in [0, 0.1) is 17.0 Å². The van der Waals surface area contributed by atoms with Gasteiger partial charge in [-0.15, -0.1) is 0 Å². The summed E-state index contributed by atoms with van der Waals surface area (Å²) in [5, 5.41) is 23.3. The molecular formula is C26H29N3O4. The van der Waals surface area contributed by atoms with Gasteiger partial charge in [-0.05, 0) is 30.0 Å². The molecule has 0 heterocycles. The van der Waals surface area contributed by atoms with Gasteiger partial charge >= 0.3 is 0 Å². The van der Waals surface area contributed by atoms with Crippen LogP contribution >= 0.6 is 0 Å². The number of non-ortho nitro benzene ring substituents is 1. The first-order valence-corrected chi connectivity index (χ1v) is 11.0. The van der Waals surface area contributed by atoms with Gasteiger partial charge < -0.3 is 10.4 Å². The second-order valence-electron chi connectivity index (χ2n) is 7.89. The standard InChI is InChI=1S/C26H29N3O4/c1-20-13-14-23(29(32)33)19-24(20)27-25(31)15-17-28(16-8-18-30)26(21-9-4-2-5-10-21)22-11-6-3-7-12-22/h2-7,9-14,19,26,30H,8,15-18H2,1H3,(H,27,31). The average Bonchev–Trinajstić information content (AvgIpc) is 2.83. The number of amides is 1. The van der Waals surface area contributed by atoms with Crippen molar-refractivity contribution in [1.82, 2.24) is 4.90 Å². The predicted octanol–water partition coefficient (Wildman–Crippen LogP) is 4.71. The van der Waals surface area contributed by atoms with Crippen molar-refractivity contribution in [1.29, 1.82) is 0 Å². The number of nitro benzene ring substituents is 1. The van der Waals surface area contributed by atoms with Gasteiger partial charge in [-0.2, -0.15) is 0 Å². The molecule has 3 rings (SSSR count). The highest BCUT2D eigenvalue weighted by Gasteiger charge is 2.23. The highest BCUT2D eigenvalue weighted by molar-refractivity contribution is 5.92. The van der Waals surface area contributed by atoms with Gasteiger partial charge in [0.05, 0.1) is 16.7 Å². The number of aryl methyl sites for hydroxylation is 1. The number of nitrogens with zero attached hydrogens (tertiary/aromatic N) is 2. The number of nitro groups is 1. The molecule has 0 aliphatic rings. The first-order valence-electron chi connectivity index (χ1n) is 11.0. The lowest BCUT2D eigenvalue weighted by Crippen LogP contribution is -2.34. The Morgan fingerprint density at radius 2 is 1.61 bits per heavy atom. The Labute approximate surface area is 193 Å². The molecule has 0 aliphatic carbocycles. The molecular weight excluding hydrogens is 418 g/mol. The number of aliphatic hydroxyl groups excluding tert-OH is 1. The van der Waals surface area contributed by atoms with Crippen LogP contribution in [0.1, 0.15) is 35.6 Å². The summed E-state index contributed by atoms with van der Waals surface area (Å²) < 4.78 is 0. The number of hydrogen-bond acceptors (Lipinski definition) is 5. The summed E-state index contributed by atoms with van der Waals surface area (Å²) >= 11 is 0. The summed E-state index contributed by atoms with van der Waals surface area (Å²) in [6.45, 7) is 2.95. The SMILES string of the molecule is Cc1ccc([N+](=O)[O-])cc1NC(=O)CCN(CCCO)C(c1ccccc1)c1ccccc1. The highest BCUT2D eigenvalue weighted by atomic mass is 16.6. The molecule has 0 spiro atoms. The van der Waals surface area contributed by atoms with Gasteiger partial charge in [0, 0.05) is 38.2 Å². The molecule has 0 aromatic heterocycles. The maximum Gasteiger partial charge on any atom is 0.271 e. The topological polar surface area (TPSA) is 95.7 Å². The first kappa shape index (κ1) is 24.1. The van der Waals surface area contributed by atoms with Crippen LogP contribution in [-0.2, 0) is 4.79 Å². The van der Waals surface area contributed by atoms with Crippen molar-refractivity contribution in [3.63, 3.8) is 0 Å². The van der Waals surface area contributed by atoms with Crippen LogP contribution in [-0.4, -0.2) is 40.5 Å². The summed E-state index contributed by atoms with van der Waals surface area (Å²) in [5.41, 5.74) is 3.36. The smallest absolute Gasteiger partial charge is 0.271 e. The van der Waals surface area contributed by atoms with Gasteiger partial charge in [0.2, 0.25) is 5.91 Å². The van der Waals surface area contributed by atoms with E-state index in [0.717, 1.165) is 16.7 Å². The van der Waals surface area contributed by atoms with E-state index in [9.17, 15) is 20.0 Å². The number of anilines is 1. The third-order valence-electron chi connectivity index (χ3n) is 5.53. The van der Waals surface area contributed by atoms with Gasteiger partial charge in [-0.25, -0.2) is 0 Å². The van der Waals surface area contributed by atoms with Crippen molar-refractivity contribution in [2.45, 2.75) is 25.8 Å². The van der Waals surface area contributed by atoms with E-state index in [1.54, 1.807) is 13.0 Å². The number of aliphatic hydroxyl groups is 1. The second-order valence-corrected chi connectivity index (χ2v) is 7.89. The molecule has 0 aliphatic heterocycles.